The molecule has 3 rings (SSSR count). The van der Waals surface area contributed by atoms with E-state index in [0.29, 0.717) is 5.56 Å². The summed E-state index contributed by atoms with van der Waals surface area (Å²) in [5.74, 6) is 0. The zero-order chi connectivity index (χ0) is 14.2. The first-order chi connectivity index (χ1) is 9.63. The highest BCUT2D eigenvalue weighted by Crippen LogP contribution is 2.36. The van der Waals surface area contributed by atoms with Gasteiger partial charge in [-0.2, -0.15) is 5.26 Å². The van der Waals surface area contributed by atoms with Crippen molar-refractivity contribution in [1.82, 2.24) is 0 Å². The van der Waals surface area contributed by atoms with E-state index in [-0.39, 0.29) is 0 Å². The summed E-state index contributed by atoms with van der Waals surface area (Å²) in [6, 6.07) is 17.2. The second-order valence-electron chi connectivity index (χ2n) is 4.91. The van der Waals surface area contributed by atoms with Crippen molar-refractivity contribution < 1.29 is 5.11 Å². The summed E-state index contributed by atoms with van der Waals surface area (Å²) in [6.07, 6.45) is 0. The van der Waals surface area contributed by atoms with E-state index in [4.69, 9.17) is 5.26 Å². The number of hydrogen-bond donors (Lipinski definition) is 1. The first-order valence-electron chi connectivity index (χ1n) is 6.32. The molecule has 0 bridgehead atoms. The molecule has 2 nitrogen and oxygen atoms in total. The number of benzene rings is 2. The number of hydrogen-bond acceptors (Lipinski definition) is 3. The van der Waals surface area contributed by atoms with Gasteiger partial charge in [-0.05, 0) is 41.5 Å². The third-order valence-corrected chi connectivity index (χ3v) is 4.54. The molecule has 0 fully saturated rings. The second-order valence-corrected chi connectivity index (χ2v) is 5.82. The molecular formula is C17H13NOS. The van der Waals surface area contributed by atoms with Gasteiger partial charge in [0.1, 0.15) is 5.60 Å². The van der Waals surface area contributed by atoms with Crippen LogP contribution in [0.1, 0.15) is 23.6 Å². The highest BCUT2D eigenvalue weighted by Gasteiger charge is 2.27. The van der Waals surface area contributed by atoms with Gasteiger partial charge in [0, 0.05) is 10.3 Å². The number of nitriles is 1. The van der Waals surface area contributed by atoms with Crippen molar-refractivity contribution in [2.75, 3.05) is 0 Å². The van der Waals surface area contributed by atoms with Crippen molar-refractivity contribution in [3.05, 3.63) is 70.6 Å². The molecule has 1 heterocycles. The average Bonchev–Trinajstić information content (AvgIpc) is 2.95. The predicted molar refractivity (Wildman–Crippen MR) is 81.7 cm³/mol. The Kier molecular flexibility index (Phi) is 3.06. The first-order valence-corrected chi connectivity index (χ1v) is 7.20. The molecule has 3 aromatic rings. The first kappa shape index (κ1) is 12.9. The number of nitrogens with zero attached hydrogens (tertiary/aromatic N) is 1. The second kappa shape index (κ2) is 4.75. The summed E-state index contributed by atoms with van der Waals surface area (Å²) in [7, 11) is 0. The molecule has 20 heavy (non-hydrogen) atoms. The molecule has 0 spiro atoms. The van der Waals surface area contributed by atoms with E-state index in [0.717, 1.165) is 21.2 Å². The van der Waals surface area contributed by atoms with Crippen LogP contribution in [0.5, 0.6) is 0 Å². The standard InChI is InChI=1S/C17H13NOS/c1-17(19,14-7-5-12(11-18)6-8-14)15-4-2-3-13-9-10-20-16(13)15/h2-10,19H,1H3. The number of rotatable bonds is 2. The zero-order valence-electron chi connectivity index (χ0n) is 11.0. The maximum absolute atomic E-state index is 11.0. The number of fused-ring (bicyclic) bond motifs is 1. The van der Waals surface area contributed by atoms with E-state index >= 15 is 0 Å². The van der Waals surface area contributed by atoms with Gasteiger partial charge >= 0.3 is 0 Å². The maximum Gasteiger partial charge on any atom is 0.113 e. The minimum atomic E-state index is -1.07. The lowest BCUT2D eigenvalue weighted by molar-refractivity contribution is 0.104. The van der Waals surface area contributed by atoms with Gasteiger partial charge in [-0.3, -0.25) is 0 Å². The van der Waals surface area contributed by atoms with Crippen molar-refractivity contribution in [3.63, 3.8) is 0 Å². The van der Waals surface area contributed by atoms with Gasteiger partial charge in [-0.25, -0.2) is 0 Å². The van der Waals surface area contributed by atoms with Crippen LogP contribution in [0.2, 0.25) is 0 Å². The number of thiophene rings is 1. The van der Waals surface area contributed by atoms with Crippen LogP contribution in [0.3, 0.4) is 0 Å². The highest BCUT2D eigenvalue weighted by molar-refractivity contribution is 7.17. The summed E-state index contributed by atoms with van der Waals surface area (Å²) in [5.41, 5.74) is 1.21. The Hall–Kier alpha value is -2.15. The van der Waals surface area contributed by atoms with Crippen LogP contribution in [-0.2, 0) is 5.60 Å². The predicted octanol–water partition coefficient (Wildman–Crippen LogP) is 4.03. The van der Waals surface area contributed by atoms with Crippen LogP contribution in [0.4, 0.5) is 0 Å². The van der Waals surface area contributed by atoms with Gasteiger partial charge in [0.05, 0.1) is 11.6 Å². The van der Waals surface area contributed by atoms with E-state index < -0.39 is 5.60 Å². The Morgan fingerprint density at radius 2 is 1.85 bits per heavy atom. The van der Waals surface area contributed by atoms with Gasteiger partial charge in [-0.15, -0.1) is 11.3 Å². The fraction of sp³-hybridized carbons (Fsp3) is 0.118. The smallest absolute Gasteiger partial charge is 0.113 e. The van der Waals surface area contributed by atoms with E-state index in [9.17, 15) is 5.11 Å². The van der Waals surface area contributed by atoms with E-state index in [2.05, 4.69) is 12.1 Å². The molecule has 1 unspecified atom stereocenters. The largest absolute Gasteiger partial charge is 0.381 e. The SMILES string of the molecule is CC(O)(c1ccc(C#N)cc1)c1cccc2ccsc12. The molecule has 0 amide bonds. The summed E-state index contributed by atoms with van der Waals surface area (Å²) in [5, 5.41) is 23.0. The van der Waals surface area contributed by atoms with Gasteiger partial charge < -0.3 is 5.11 Å². The lowest BCUT2D eigenvalue weighted by Crippen LogP contribution is -2.22. The fourth-order valence-electron chi connectivity index (χ4n) is 2.40. The molecule has 0 aliphatic carbocycles. The maximum atomic E-state index is 11.0. The quantitative estimate of drug-likeness (QED) is 0.769. The Bertz CT molecular complexity index is 794. The molecule has 1 N–H and O–H groups in total. The molecule has 1 atom stereocenters. The monoisotopic (exact) mass is 279 g/mol. The summed E-state index contributed by atoms with van der Waals surface area (Å²) >= 11 is 1.63. The third kappa shape index (κ3) is 2.00. The van der Waals surface area contributed by atoms with Crippen molar-refractivity contribution in [2.24, 2.45) is 0 Å². The molecule has 98 valence electrons. The molecule has 2 aromatic carbocycles. The van der Waals surface area contributed by atoms with Crippen LogP contribution < -0.4 is 0 Å². The van der Waals surface area contributed by atoms with Gasteiger partial charge in [-0.1, -0.05) is 30.3 Å². The van der Waals surface area contributed by atoms with Crippen LogP contribution in [0.25, 0.3) is 10.1 Å². The Labute approximate surface area is 121 Å². The van der Waals surface area contributed by atoms with E-state index in [1.165, 1.54) is 0 Å². The fourth-order valence-corrected chi connectivity index (χ4v) is 3.42. The van der Waals surface area contributed by atoms with Crippen molar-refractivity contribution >= 4 is 21.4 Å². The molecule has 0 aliphatic rings. The van der Waals surface area contributed by atoms with Gasteiger partial charge in [0.15, 0.2) is 0 Å². The Balaban J connectivity index is 2.15. The molecular weight excluding hydrogens is 266 g/mol. The third-order valence-electron chi connectivity index (χ3n) is 3.58. The van der Waals surface area contributed by atoms with Crippen LogP contribution in [-0.4, -0.2) is 5.11 Å². The van der Waals surface area contributed by atoms with Gasteiger partial charge in [0.25, 0.3) is 0 Å². The molecule has 0 radical (unpaired) electrons. The number of aliphatic hydroxyl groups is 1. The highest BCUT2D eigenvalue weighted by atomic mass is 32.1. The van der Waals surface area contributed by atoms with Crippen molar-refractivity contribution in [2.45, 2.75) is 12.5 Å². The minimum absolute atomic E-state index is 0.596. The summed E-state index contributed by atoms with van der Waals surface area (Å²) in [4.78, 5) is 0. The topological polar surface area (TPSA) is 44.0 Å². The molecule has 3 heteroatoms. The Morgan fingerprint density at radius 1 is 1.10 bits per heavy atom. The summed E-state index contributed by atoms with van der Waals surface area (Å²) < 4.78 is 1.10. The average molecular weight is 279 g/mol. The molecule has 1 aromatic heterocycles. The van der Waals surface area contributed by atoms with Crippen LogP contribution >= 0.6 is 11.3 Å². The lowest BCUT2D eigenvalue weighted by atomic mass is 9.87. The molecule has 0 saturated carbocycles. The van der Waals surface area contributed by atoms with E-state index in [1.807, 2.05) is 35.7 Å². The van der Waals surface area contributed by atoms with Crippen molar-refractivity contribution in [3.8, 4) is 6.07 Å². The zero-order valence-corrected chi connectivity index (χ0v) is 11.8. The van der Waals surface area contributed by atoms with Crippen molar-refractivity contribution in [1.29, 1.82) is 5.26 Å². The summed E-state index contributed by atoms with van der Waals surface area (Å²) in [6.45, 7) is 1.79. The van der Waals surface area contributed by atoms with E-state index in [1.54, 1.807) is 30.4 Å². The molecule has 0 aliphatic heterocycles. The van der Waals surface area contributed by atoms with Crippen LogP contribution in [0.15, 0.2) is 53.9 Å². The van der Waals surface area contributed by atoms with Gasteiger partial charge in [0.2, 0.25) is 0 Å². The Morgan fingerprint density at radius 3 is 2.55 bits per heavy atom. The normalized spacial score (nSPS) is 13.8. The van der Waals surface area contributed by atoms with Crippen LogP contribution in [0, 0.1) is 11.3 Å². The lowest BCUT2D eigenvalue weighted by Gasteiger charge is -2.25. The molecule has 0 saturated heterocycles. The minimum Gasteiger partial charge on any atom is -0.381 e.